The van der Waals surface area contributed by atoms with Crippen molar-refractivity contribution in [1.82, 2.24) is 9.55 Å². The van der Waals surface area contributed by atoms with Crippen molar-refractivity contribution in [2.24, 2.45) is 0 Å². The van der Waals surface area contributed by atoms with Gasteiger partial charge in [-0.05, 0) is 36.8 Å². The monoisotopic (exact) mass is 466 g/mol. The number of aromatic nitrogens is 2. The molecule has 7 nitrogen and oxygen atoms in total. The van der Waals surface area contributed by atoms with E-state index in [0.29, 0.717) is 41.3 Å². The predicted octanol–water partition coefficient (Wildman–Crippen LogP) is 2.86. The van der Waals surface area contributed by atoms with Gasteiger partial charge in [-0.2, -0.15) is 0 Å². The van der Waals surface area contributed by atoms with E-state index in [1.807, 2.05) is 0 Å². The number of halogens is 1. The molecule has 2 aromatic carbocycles. The van der Waals surface area contributed by atoms with Crippen LogP contribution in [-0.4, -0.2) is 56.9 Å². The molecule has 0 amide bonds. The fourth-order valence-corrected chi connectivity index (χ4v) is 3.83. The topological polar surface area (TPSA) is 97.0 Å². The van der Waals surface area contributed by atoms with Crippen LogP contribution >= 0.6 is 0 Å². The van der Waals surface area contributed by atoms with E-state index in [-0.39, 0.29) is 13.2 Å². The van der Waals surface area contributed by atoms with Crippen LogP contribution in [0.1, 0.15) is 36.9 Å². The third-order valence-corrected chi connectivity index (χ3v) is 5.65. The Labute approximate surface area is 197 Å². The first-order chi connectivity index (χ1) is 16.5. The number of hydrogen-bond donors (Lipinski definition) is 3. The average Bonchev–Trinajstić information content (AvgIpc) is 3.32. The van der Waals surface area contributed by atoms with Gasteiger partial charge >= 0.3 is 0 Å². The molecule has 4 rings (SSSR count). The lowest BCUT2D eigenvalue weighted by atomic mass is 10.0. The summed E-state index contributed by atoms with van der Waals surface area (Å²) in [4.78, 5) is 4.11. The molecule has 34 heavy (non-hydrogen) atoms. The number of aliphatic hydroxyl groups excluding tert-OH is 3. The van der Waals surface area contributed by atoms with Crippen molar-refractivity contribution in [1.29, 1.82) is 0 Å². The molecule has 4 atom stereocenters. The van der Waals surface area contributed by atoms with Gasteiger partial charge in [-0.25, -0.2) is 9.37 Å². The fraction of sp³-hybridized carbons (Fsp3) is 0.346. The normalized spacial score (nSPS) is 19.7. The zero-order valence-corrected chi connectivity index (χ0v) is 18.8. The Kier molecular flexibility index (Phi) is 7.60. The summed E-state index contributed by atoms with van der Waals surface area (Å²) in [6, 6.07) is 11.2. The van der Waals surface area contributed by atoms with Crippen molar-refractivity contribution < 1.29 is 29.2 Å². The summed E-state index contributed by atoms with van der Waals surface area (Å²) >= 11 is 0. The number of nitrogens with zero attached hydrogens (tertiary/aromatic N) is 2. The maximum atomic E-state index is 14.8. The van der Waals surface area contributed by atoms with Crippen LogP contribution in [0.25, 0.3) is 11.1 Å². The molecule has 0 bridgehead atoms. The molecule has 0 unspecified atom stereocenters. The van der Waals surface area contributed by atoms with E-state index >= 15 is 0 Å². The van der Waals surface area contributed by atoms with Crippen LogP contribution < -0.4 is 4.74 Å². The van der Waals surface area contributed by atoms with E-state index in [1.54, 1.807) is 60.3 Å². The molecule has 0 radical (unpaired) electrons. The van der Waals surface area contributed by atoms with Crippen LogP contribution in [0.4, 0.5) is 4.39 Å². The average molecular weight is 467 g/mol. The summed E-state index contributed by atoms with van der Waals surface area (Å²) in [5.41, 5.74) is 1.81. The number of rotatable bonds is 6. The molecule has 3 aromatic rings. The molecule has 3 N–H and O–H groups in total. The van der Waals surface area contributed by atoms with Crippen LogP contribution in [0.15, 0.2) is 54.9 Å². The summed E-state index contributed by atoms with van der Waals surface area (Å²) in [6.07, 6.45) is 1.84. The van der Waals surface area contributed by atoms with Gasteiger partial charge in [0.1, 0.15) is 41.7 Å². The van der Waals surface area contributed by atoms with Crippen LogP contribution in [0.2, 0.25) is 0 Å². The number of ether oxygens (including phenoxy) is 2. The molecule has 1 aromatic heterocycles. The first-order valence-electron chi connectivity index (χ1n) is 11.1. The maximum Gasteiger partial charge on any atom is 0.138 e. The standard InChI is InChI=1S/C26H27FN2O5/c1-17(31)26-28-11-12-29(26)20(15-30)7-4-18-2-5-19(6-3-18)22-9-8-21(14-23(22)27)34-25-10-13-33-16-24(25)32/h2-3,5-6,8-9,11-12,14,17,20,24-25,30-32H,10,13,15-16H2,1H3/t17-,20-,24+,25+/m0/s1. The predicted molar refractivity (Wildman–Crippen MR) is 124 cm³/mol. The van der Waals surface area contributed by atoms with Crippen molar-refractivity contribution in [2.45, 2.75) is 37.7 Å². The van der Waals surface area contributed by atoms with Crippen LogP contribution in [0, 0.1) is 17.7 Å². The molecule has 2 heterocycles. The van der Waals surface area contributed by atoms with Crippen molar-refractivity contribution >= 4 is 0 Å². The Hall–Kier alpha value is -3.22. The second kappa shape index (κ2) is 10.8. The zero-order chi connectivity index (χ0) is 24.1. The Morgan fingerprint density at radius 2 is 2.06 bits per heavy atom. The second-order valence-electron chi connectivity index (χ2n) is 8.14. The zero-order valence-electron chi connectivity index (χ0n) is 18.8. The molecule has 1 saturated heterocycles. The van der Waals surface area contributed by atoms with Crippen LogP contribution in [-0.2, 0) is 4.74 Å². The van der Waals surface area contributed by atoms with Crippen molar-refractivity contribution in [3.8, 4) is 28.7 Å². The summed E-state index contributed by atoms with van der Waals surface area (Å²) in [7, 11) is 0. The van der Waals surface area contributed by atoms with Gasteiger partial charge in [-0.1, -0.05) is 24.0 Å². The molecule has 1 fully saturated rings. The highest BCUT2D eigenvalue weighted by Crippen LogP contribution is 2.28. The Bertz CT molecular complexity index is 1170. The summed E-state index contributed by atoms with van der Waals surface area (Å²) in [5.74, 6) is 6.37. The van der Waals surface area contributed by atoms with Gasteiger partial charge in [-0.15, -0.1) is 0 Å². The first-order valence-corrected chi connectivity index (χ1v) is 11.1. The third kappa shape index (κ3) is 5.46. The summed E-state index contributed by atoms with van der Waals surface area (Å²) < 4.78 is 27.4. The summed E-state index contributed by atoms with van der Waals surface area (Å²) in [6.45, 7) is 2.08. The highest BCUT2D eigenvalue weighted by molar-refractivity contribution is 5.66. The lowest BCUT2D eigenvalue weighted by Crippen LogP contribution is -2.40. The number of hydrogen-bond acceptors (Lipinski definition) is 6. The van der Waals surface area contributed by atoms with Gasteiger partial charge in [-0.3, -0.25) is 0 Å². The Balaban J connectivity index is 1.47. The van der Waals surface area contributed by atoms with E-state index < -0.39 is 30.2 Å². The van der Waals surface area contributed by atoms with E-state index in [0.717, 1.165) is 0 Å². The van der Waals surface area contributed by atoms with Crippen LogP contribution in [0.3, 0.4) is 0 Å². The van der Waals surface area contributed by atoms with Crippen molar-refractivity contribution in [3.05, 3.63) is 72.1 Å². The number of benzene rings is 2. The van der Waals surface area contributed by atoms with Crippen LogP contribution in [0.5, 0.6) is 5.75 Å². The van der Waals surface area contributed by atoms with E-state index in [9.17, 15) is 19.7 Å². The largest absolute Gasteiger partial charge is 0.487 e. The first kappa shape index (κ1) is 23.9. The molecular weight excluding hydrogens is 439 g/mol. The van der Waals surface area contributed by atoms with Gasteiger partial charge in [0.15, 0.2) is 0 Å². The molecule has 0 saturated carbocycles. The lowest BCUT2D eigenvalue weighted by molar-refractivity contribution is -0.0751. The Morgan fingerprint density at radius 3 is 2.74 bits per heavy atom. The minimum atomic E-state index is -0.779. The van der Waals surface area contributed by atoms with Gasteiger partial charge in [0.2, 0.25) is 0 Å². The summed E-state index contributed by atoms with van der Waals surface area (Å²) in [5, 5.41) is 29.5. The Morgan fingerprint density at radius 1 is 1.26 bits per heavy atom. The maximum absolute atomic E-state index is 14.8. The smallest absolute Gasteiger partial charge is 0.138 e. The molecule has 0 aliphatic carbocycles. The third-order valence-electron chi connectivity index (χ3n) is 5.65. The van der Waals surface area contributed by atoms with Gasteiger partial charge in [0, 0.05) is 36.0 Å². The molecule has 8 heteroatoms. The number of imidazole rings is 1. The fourth-order valence-electron chi connectivity index (χ4n) is 3.83. The quantitative estimate of drug-likeness (QED) is 0.484. The second-order valence-corrected chi connectivity index (χ2v) is 8.14. The van der Waals surface area contributed by atoms with Crippen molar-refractivity contribution in [2.75, 3.05) is 19.8 Å². The van der Waals surface area contributed by atoms with Gasteiger partial charge in [0.05, 0.1) is 19.8 Å². The molecule has 178 valence electrons. The van der Waals surface area contributed by atoms with E-state index in [4.69, 9.17) is 9.47 Å². The molecule has 1 aliphatic rings. The lowest BCUT2D eigenvalue weighted by Gasteiger charge is -2.28. The van der Waals surface area contributed by atoms with E-state index in [1.165, 1.54) is 6.07 Å². The molecular formula is C26H27FN2O5. The number of aliphatic hydroxyl groups is 3. The molecule has 0 spiro atoms. The van der Waals surface area contributed by atoms with Gasteiger partial charge in [0.25, 0.3) is 0 Å². The highest BCUT2D eigenvalue weighted by Gasteiger charge is 2.25. The highest BCUT2D eigenvalue weighted by atomic mass is 19.1. The minimum Gasteiger partial charge on any atom is -0.487 e. The van der Waals surface area contributed by atoms with Crippen molar-refractivity contribution in [3.63, 3.8) is 0 Å². The van der Waals surface area contributed by atoms with Gasteiger partial charge < -0.3 is 29.4 Å². The minimum absolute atomic E-state index is 0.212. The molecule has 1 aliphatic heterocycles. The SMILES string of the molecule is C[C@H](O)c1nccn1[C@@H](C#Cc1ccc(-c2ccc(O[C@@H]3CCOC[C@H]3O)cc2F)cc1)CO. The van der Waals surface area contributed by atoms with E-state index in [2.05, 4.69) is 16.8 Å².